The summed E-state index contributed by atoms with van der Waals surface area (Å²) in [5.41, 5.74) is 2.56. The Balaban J connectivity index is 0.00000280. The molecule has 1 aromatic carbocycles. The van der Waals surface area contributed by atoms with Crippen LogP contribution in [0, 0.1) is 0 Å². The molecule has 158 valence electrons. The molecule has 0 bridgehead atoms. The van der Waals surface area contributed by atoms with Gasteiger partial charge in [0.05, 0.1) is 25.9 Å². The maximum atomic E-state index is 5.78. The first-order chi connectivity index (χ1) is 13.3. The van der Waals surface area contributed by atoms with Crippen LogP contribution in [0.25, 0.3) is 0 Å². The van der Waals surface area contributed by atoms with Gasteiger partial charge in [-0.2, -0.15) is 0 Å². The SMILES string of the molecule is CCNC(=NCc1ccccc1N1CCOCC1)N1CCC(OCC)CC1.I. The lowest BCUT2D eigenvalue weighted by Crippen LogP contribution is -2.47. The van der Waals surface area contributed by atoms with Gasteiger partial charge in [0.15, 0.2) is 5.96 Å². The van der Waals surface area contributed by atoms with E-state index in [1.165, 1.54) is 11.3 Å². The molecule has 1 N–H and O–H groups in total. The highest BCUT2D eigenvalue weighted by Crippen LogP contribution is 2.22. The first-order valence-electron chi connectivity index (χ1n) is 10.4. The summed E-state index contributed by atoms with van der Waals surface area (Å²) in [6.07, 6.45) is 2.54. The minimum absolute atomic E-state index is 0. The van der Waals surface area contributed by atoms with Gasteiger partial charge in [-0.15, -0.1) is 24.0 Å². The van der Waals surface area contributed by atoms with Crippen LogP contribution in [0.2, 0.25) is 0 Å². The first kappa shape index (κ1) is 23.2. The average molecular weight is 502 g/mol. The molecule has 2 aliphatic rings. The summed E-state index contributed by atoms with van der Waals surface area (Å²) in [7, 11) is 0. The predicted octanol–water partition coefficient (Wildman–Crippen LogP) is 3.11. The zero-order valence-corrected chi connectivity index (χ0v) is 19.6. The molecule has 0 spiro atoms. The van der Waals surface area contributed by atoms with Crippen LogP contribution in [0.4, 0.5) is 5.69 Å². The van der Waals surface area contributed by atoms with Crippen molar-refractivity contribution in [2.45, 2.75) is 39.3 Å². The Morgan fingerprint density at radius 1 is 1.14 bits per heavy atom. The van der Waals surface area contributed by atoms with Crippen LogP contribution in [0.5, 0.6) is 0 Å². The Bertz CT molecular complexity index is 600. The molecule has 0 amide bonds. The van der Waals surface area contributed by atoms with Gasteiger partial charge in [0, 0.05) is 45.0 Å². The standard InChI is InChI=1S/C21H34N4O2.HI/c1-3-22-21(25-11-9-19(10-12-25)27-4-2)23-17-18-7-5-6-8-20(18)24-13-15-26-16-14-24;/h5-8,19H,3-4,9-17H2,1-2H3,(H,22,23);1H. The Kier molecular flexibility index (Phi) is 10.4. The number of benzene rings is 1. The Hall–Kier alpha value is -1.06. The third-order valence-electron chi connectivity index (χ3n) is 5.22. The van der Waals surface area contributed by atoms with Gasteiger partial charge < -0.3 is 24.6 Å². The number of hydrogen-bond acceptors (Lipinski definition) is 4. The molecule has 1 aromatic rings. The van der Waals surface area contributed by atoms with E-state index < -0.39 is 0 Å². The molecule has 28 heavy (non-hydrogen) atoms. The Morgan fingerprint density at radius 2 is 1.86 bits per heavy atom. The molecule has 6 nitrogen and oxygen atoms in total. The van der Waals surface area contributed by atoms with Crippen LogP contribution in [0.1, 0.15) is 32.3 Å². The van der Waals surface area contributed by atoms with Gasteiger partial charge in [0.25, 0.3) is 0 Å². The highest BCUT2D eigenvalue weighted by Gasteiger charge is 2.22. The van der Waals surface area contributed by atoms with E-state index in [2.05, 4.69) is 53.2 Å². The third-order valence-corrected chi connectivity index (χ3v) is 5.22. The largest absolute Gasteiger partial charge is 0.378 e. The number of guanidine groups is 1. The second-order valence-electron chi connectivity index (χ2n) is 7.04. The number of likely N-dealkylation sites (tertiary alicyclic amines) is 1. The van der Waals surface area contributed by atoms with Crippen molar-refractivity contribution in [3.8, 4) is 0 Å². The molecule has 2 aliphatic heterocycles. The molecule has 0 aromatic heterocycles. The van der Waals surface area contributed by atoms with Crippen molar-refractivity contribution in [1.82, 2.24) is 10.2 Å². The topological polar surface area (TPSA) is 49.3 Å². The van der Waals surface area contributed by atoms with Crippen molar-refractivity contribution in [1.29, 1.82) is 0 Å². The zero-order valence-electron chi connectivity index (χ0n) is 17.2. The summed E-state index contributed by atoms with van der Waals surface area (Å²) in [6, 6.07) is 8.62. The fraction of sp³-hybridized carbons (Fsp3) is 0.667. The van der Waals surface area contributed by atoms with Crippen LogP contribution < -0.4 is 10.2 Å². The highest BCUT2D eigenvalue weighted by molar-refractivity contribution is 14.0. The number of ether oxygens (including phenoxy) is 2. The van der Waals surface area contributed by atoms with E-state index in [1.54, 1.807) is 0 Å². The summed E-state index contributed by atoms with van der Waals surface area (Å²) in [6.45, 7) is 12.1. The molecule has 2 saturated heterocycles. The number of nitrogens with one attached hydrogen (secondary N) is 1. The van der Waals surface area contributed by atoms with Crippen LogP contribution in [-0.2, 0) is 16.0 Å². The monoisotopic (exact) mass is 502 g/mol. The first-order valence-corrected chi connectivity index (χ1v) is 10.4. The number of nitrogens with zero attached hydrogens (tertiary/aromatic N) is 3. The fourth-order valence-corrected chi connectivity index (χ4v) is 3.81. The maximum absolute atomic E-state index is 5.78. The lowest BCUT2D eigenvalue weighted by molar-refractivity contribution is 0.0263. The molecular weight excluding hydrogens is 467 g/mol. The Labute approximate surface area is 186 Å². The number of anilines is 1. The van der Waals surface area contributed by atoms with Crippen LogP contribution in [0.3, 0.4) is 0 Å². The van der Waals surface area contributed by atoms with E-state index in [4.69, 9.17) is 14.5 Å². The number of aliphatic imine (C=N–C) groups is 1. The summed E-state index contributed by atoms with van der Waals surface area (Å²) in [4.78, 5) is 9.75. The van der Waals surface area contributed by atoms with E-state index in [9.17, 15) is 0 Å². The molecule has 0 radical (unpaired) electrons. The summed E-state index contributed by atoms with van der Waals surface area (Å²) < 4.78 is 11.3. The van der Waals surface area contributed by atoms with Crippen molar-refractivity contribution in [2.75, 3.05) is 57.4 Å². The lowest BCUT2D eigenvalue weighted by Gasteiger charge is -2.34. The number of hydrogen-bond donors (Lipinski definition) is 1. The van der Waals surface area contributed by atoms with Gasteiger partial charge in [-0.3, -0.25) is 0 Å². The summed E-state index contributed by atoms with van der Waals surface area (Å²) in [5.74, 6) is 1.02. The second-order valence-corrected chi connectivity index (χ2v) is 7.04. The minimum Gasteiger partial charge on any atom is -0.378 e. The lowest BCUT2D eigenvalue weighted by atomic mass is 10.1. The molecule has 0 saturated carbocycles. The Morgan fingerprint density at radius 3 is 2.54 bits per heavy atom. The van der Waals surface area contributed by atoms with Gasteiger partial charge >= 0.3 is 0 Å². The quantitative estimate of drug-likeness (QED) is 0.368. The highest BCUT2D eigenvalue weighted by atomic mass is 127. The van der Waals surface area contributed by atoms with E-state index in [0.29, 0.717) is 12.6 Å². The number of rotatable bonds is 6. The minimum atomic E-state index is 0. The third kappa shape index (κ3) is 6.49. The van der Waals surface area contributed by atoms with E-state index >= 15 is 0 Å². The van der Waals surface area contributed by atoms with Crippen molar-refractivity contribution in [3.63, 3.8) is 0 Å². The molecule has 7 heteroatoms. The molecule has 3 rings (SSSR count). The maximum Gasteiger partial charge on any atom is 0.194 e. The number of piperidine rings is 1. The molecule has 0 aliphatic carbocycles. The summed E-state index contributed by atoms with van der Waals surface area (Å²) in [5, 5.41) is 3.47. The number of para-hydroxylation sites is 1. The van der Waals surface area contributed by atoms with Gasteiger partial charge in [0.1, 0.15) is 0 Å². The van der Waals surface area contributed by atoms with Crippen molar-refractivity contribution < 1.29 is 9.47 Å². The van der Waals surface area contributed by atoms with Gasteiger partial charge in [-0.1, -0.05) is 18.2 Å². The smallest absolute Gasteiger partial charge is 0.194 e. The van der Waals surface area contributed by atoms with Crippen LogP contribution >= 0.6 is 24.0 Å². The molecule has 2 heterocycles. The van der Waals surface area contributed by atoms with Crippen LogP contribution in [-0.4, -0.2) is 69.5 Å². The van der Waals surface area contributed by atoms with Crippen molar-refractivity contribution in [3.05, 3.63) is 29.8 Å². The predicted molar refractivity (Wildman–Crippen MR) is 126 cm³/mol. The molecule has 2 fully saturated rings. The van der Waals surface area contributed by atoms with Crippen LogP contribution in [0.15, 0.2) is 29.3 Å². The molecular formula is C21H35IN4O2. The number of halogens is 1. The van der Waals surface area contributed by atoms with Gasteiger partial charge in [-0.05, 0) is 38.3 Å². The van der Waals surface area contributed by atoms with Crippen molar-refractivity contribution in [2.24, 2.45) is 4.99 Å². The van der Waals surface area contributed by atoms with E-state index in [0.717, 1.165) is 71.3 Å². The average Bonchev–Trinajstić information content (AvgIpc) is 2.73. The van der Waals surface area contributed by atoms with Gasteiger partial charge in [-0.25, -0.2) is 4.99 Å². The zero-order chi connectivity index (χ0) is 18.9. The van der Waals surface area contributed by atoms with E-state index in [1.807, 2.05) is 0 Å². The second kappa shape index (κ2) is 12.5. The van der Waals surface area contributed by atoms with Crippen molar-refractivity contribution >= 4 is 35.6 Å². The normalized spacial score (nSPS) is 18.7. The molecule has 0 atom stereocenters. The fourth-order valence-electron chi connectivity index (χ4n) is 3.81. The summed E-state index contributed by atoms with van der Waals surface area (Å²) >= 11 is 0. The number of morpholine rings is 1. The molecule has 0 unspecified atom stereocenters. The van der Waals surface area contributed by atoms with Gasteiger partial charge in [0.2, 0.25) is 0 Å². The van der Waals surface area contributed by atoms with E-state index in [-0.39, 0.29) is 24.0 Å².